The number of carbonyl (C=O) groups excluding carboxylic acids is 1. The van der Waals surface area contributed by atoms with Gasteiger partial charge in [-0.05, 0) is 24.7 Å². The molecule has 0 saturated carbocycles. The fraction of sp³-hybridized carbons (Fsp3) is 0.968. The zero-order valence-electron chi connectivity index (χ0n) is 23.6. The molecule has 0 aromatic heterocycles. The Hall–Kier alpha value is -0.330. The van der Waals surface area contributed by atoms with Crippen molar-refractivity contribution in [3.8, 4) is 0 Å². The van der Waals surface area contributed by atoms with E-state index in [4.69, 9.17) is 0 Å². The van der Waals surface area contributed by atoms with Crippen LogP contribution < -0.4 is 0 Å². The number of Topliss-reactive ketones (excluding diaryl/α,β-unsaturated/α-hetero) is 1. The van der Waals surface area contributed by atoms with E-state index in [2.05, 4.69) is 41.5 Å². The molecule has 0 N–H and O–H groups in total. The molecule has 1 atom stereocenters. The van der Waals surface area contributed by atoms with E-state index in [1.165, 1.54) is 122 Å². The molecule has 0 bridgehead atoms. The monoisotopic (exact) mass is 452 g/mol. The number of carbonyl (C=O) groups is 1. The Balaban J connectivity index is 0. The molecular formula is C31H64O. The quantitative estimate of drug-likeness (QED) is 0.141. The predicted octanol–water partition coefficient (Wildman–Crippen LogP) is 11.5. The molecule has 0 fully saturated rings. The second-order valence-electron chi connectivity index (χ2n) is 10.6. The number of ketones is 1. The van der Waals surface area contributed by atoms with Gasteiger partial charge >= 0.3 is 0 Å². The summed E-state index contributed by atoms with van der Waals surface area (Å²) < 4.78 is 0. The van der Waals surface area contributed by atoms with Crippen LogP contribution in [0.5, 0.6) is 0 Å². The van der Waals surface area contributed by atoms with E-state index in [0.717, 1.165) is 19.3 Å². The molecule has 1 nitrogen and oxygen atoms in total. The minimum Gasteiger partial charge on any atom is -0.300 e. The normalized spacial score (nSPS) is 12.0. The zero-order valence-corrected chi connectivity index (χ0v) is 23.6. The summed E-state index contributed by atoms with van der Waals surface area (Å²) in [7, 11) is 0. The summed E-state index contributed by atoms with van der Waals surface area (Å²) in [5, 5.41) is 0. The van der Waals surface area contributed by atoms with Crippen molar-refractivity contribution in [2.75, 3.05) is 0 Å². The van der Waals surface area contributed by atoms with Crippen LogP contribution in [-0.2, 0) is 4.79 Å². The van der Waals surface area contributed by atoms with E-state index in [1.54, 1.807) is 0 Å². The summed E-state index contributed by atoms with van der Waals surface area (Å²) in [6.45, 7) is 13.6. The van der Waals surface area contributed by atoms with Crippen LogP contribution >= 0.6 is 0 Å². The van der Waals surface area contributed by atoms with Gasteiger partial charge in [0.25, 0.3) is 0 Å². The first-order chi connectivity index (χ1) is 15.5. The molecule has 0 aliphatic carbocycles. The van der Waals surface area contributed by atoms with Crippen LogP contribution in [-0.4, -0.2) is 5.78 Å². The van der Waals surface area contributed by atoms with Crippen molar-refractivity contribution >= 4 is 5.78 Å². The highest BCUT2D eigenvalue weighted by Gasteiger charge is 2.17. The van der Waals surface area contributed by atoms with Gasteiger partial charge in [0.15, 0.2) is 0 Å². The second-order valence-corrected chi connectivity index (χ2v) is 10.6. The first-order valence-corrected chi connectivity index (χ1v) is 15.0. The fourth-order valence-corrected chi connectivity index (χ4v) is 4.39. The van der Waals surface area contributed by atoms with Crippen LogP contribution in [0.4, 0.5) is 0 Å². The maximum atomic E-state index is 12.3. The van der Waals surface area contributed by atoms with E-state index in [0.29, 0.717) is 17.6 Å². The van der Waals surface area contributed by atoms with Gasteiger partial charge in [-0.15, -0.1) is 0 Å². The van der Waals surface area contributed by atoms with Crippen molar-refractivity contribution in [1.29, 1.82) is 0 Å². The molecule has 1 unspecified atom stereocenters. The minimum absolute atomic E-state index is 0.525. The van der Waals surface area contributed by atoms with Crippen molar-refractivity contribution in [1.82, 2.24) is 0 Å². The summed E-state index contributed by atoms with van der Waals surface area (Å²) in [4.78, 5) is 12.3. The lowest BCUT2D eigenvalue weighted by Gasteiger charge is -2.20. The molecule has 0 amide bonds. The SMILES string of the molecule is CCCCCC.CCCCCCCCCCCCC(=O)CC(CCCCCCC)C(C)C. The number of unbranched alkanes of at least 4 members (excludes halogenated alkanes) is 16. The number of rotatable bonds is 23. The van der Waals surface area contributed by atoms with Crippen LogP contribution in [0.1, 0.15) is 183 Å². The Morgan fingerprint density at radius 1 is 0.500 bits per heavy atom. The third-order valence-corrected chi connectivity index (χ3v) is 6.88. The Labute approximate surface area is 205 Å². The zero-order chi connectivity index (χ0) is 24.3. The molecule has 0 saturated heterocycles. The second kappa shape index (κ2) is 28.7. The van der Waals surface area contributed by atoms with E-state index < -0.39 is 0 Å². The Kier molecular flexibility index (Phi) is 30.4. The predicted molar refractivity (Wildman–Crippen MR) is 148 cm³/mol. The van der Waals surface area contributed by atoms with Crippen LogP contribution in [0, 0.1) is 11.8 Å². The van der Waals surface area contributed by atoms with Gasteiger partial charge in [-0.25, -0.2) is 0 Å². The van der Waals surface area contributed by atoms with E-state index >= 15 is 0 Å². The van der Waals surface area contributed by atoms with Gasteiger partial charge < -0.3 is 0 Å². The maximum absolute atomic E-state index is 12.3. The molecule has 194 valence electrons. The van der Waals surface area contributed by atoms with Crippen LogP contribution in [0.25, 0.3) is 0 Å². The molecule has 0 aliphatic heterocycles. The highest BCUT2D eigenvalue weighted by molar-refractivity contribution is 5.78. The van der Waals surface area contributed by atoms with Crippen LogP contribution in [0.15, 0.2) is 0 Å². The van der Waals surface area contributed by atoms with Crippen molar-refractivity contribution in [2.24, 2.45) is 11.8 Å². The highest BCUT2D eigenvalue weighted by Crippen LogP contribution is 2.24. The lowest BCUT2D eigenvalue weighted by atomic mass is 9.85. The van der Waals surface area contributed by atoms with Crippen LogP contribution in [0.3, 0.4) is 0 Å². The lowest BCUT2D eigenvalue weighted by Crippen LogP contribution is -2.14. The van der Waals surface area contributed by atoms with Crippen molar-refractivity contribution < 1.29 is 4.79 Å². The molecule has 0 heterocycles. The molecule has 0 radical (unpaired) electrons. The third kappa shape index (κ3) is 27.7. The van der Waals surface area contributed by atoms with Crippen molar-refractivity contribution in [2.45, 2.75) is 183 Å². The molecule has 0 rings (SSSR count). The largest absolute Gasteiger partial charge is 0.300 e. The molecule has 1 heteroatoms. The Morgan fingerprint density at radius 2 is 0.844 bits per heavy atom. The minimum atomic E-state index is 0.525. The standard InChI is InChI=1S/C25H50O.C6H14/c1-5-7-9-11-12-13-14-15-17-19-21-25(26)22-24(23(3)4)20-18-16-10-8-6-2;1-3-5-6-4-2/h23-24H,5-22H2,1-4H3;3-6H2,1-2H3. The molecule has 0 aliphatic rings. The van der Waals surface area contributed by atoms with Gasteiger partial charge in [-0.1, -0.05) is 157 Å². The summed E-state index contributed by atoms with van der Waals surface area (Å²) >= 11 is 0. The summed E-state index contributed by atoms with van der Waals surface area (Å²) in [6.07, 6.45) is 28.6. The smallest absolute Gasteiger partial charge is 0.133 e. The molecule has 32 heavy (non-hydrogen) atoms. The van der Waals surface area contributed by atoms with Gasteiger partial charge in [0.05, 0.1) is 0 Å². The summed E-state index contributed by atoms with van der Waals surface area (Å²) in [5.41, 5.74) is 0. The molecular weight excluding hydrogens is 388 g/mol. The van der Waals surface area contributed by atoms with Gasteiger partial charge in [0.2, 0.25) is 0 Å². The summed E-state index contributed by atoms with van der Waals surface area (Å²) in [6, 6.07) is 0. The first kappa shape index (κ1) is 33.8. The first-order valence-electron chi connectivity index (χ1n) is 15.0. The van der Waals surface area contributed by atoms with Gasteiger partial charge in [-0.2, -0.15) is 0 Å². The average molecular weight is 453 g/mol. The van der Waals surface area contributed by atoms with E-state index in [-0.39, 0.29) is 0 Å². The van der Waals surface area contributed by atoms with E-state index in [1.807, 2.05) is 0 Å². The molecule has 0 aromatic carbocycles. The summed E-state index contributed by atoms with van der Waals surface area (Å²) in [5.74, 6) is 1.79. The number of hydrogen-bond donors (Lipinski definition) is 0. The van der Waals surface area contributed by atoms with Gasteiger partial charge in [0.1, 0.15) is 5.78 Å². The maximum Gasteiger partial charge on any atom is 0.133 e. The van der Waals surface area contributed by atoms with E-state index in [9.17, 15) is 4.79 Å². The lowest BCUT2D eigenvalue weighted by molar-refractivity contribution is -0.120. The van der Waals surface area contributed by atoms with Gasteiger partial charge in [-0.3, -0.25) is 4.79 Å². The Morgan fingerprint density at radius 3 is 1.25 bits per heavy atom. The fourth-order valence-electron chi connectivity index (χ4n) is 4.39. The average Bonchev–Trinajstić information content (AvgIpc) is 2.78. The Bertz CT molecular complexity index is 342. The number of hydrogen-bond acceptors (Lipinski definition) is 1. The van der Waals surface area contributed by atoms with Crippen LogP contribution in [0.2, 0.25) is 0 Å². The van der Waals surface area contributed by atoms with Crippen molar-refractivity contribution in [3.63, 3.8) is 0 Å². The van der Waals surface area contributed by atoms with Crippen molar-refractivity contribution in [3.05, 3.63) is 0 Å². The van der Waals surface area contributed by atoms with Gasteiger partial charge in [0, 0.05) is 12.8 Å². The highest BCUT2D eigenvalue weighted by atomic mass is 16.1. The molecule has 0 spiro atoms. The third-order valence-electron chi connectivity index (χ3n) is 6.88. The topological polar surface area (TPSA) is 17.1 Å². The molecule has 0 aromatic rings.